The second-order valence-electron chi connectivity index (χ2n) is 5.85. The smallest absolute Gasteiger partial charge is 0.181 e. The number of halogens is 1. The molecular formula is C19H21ClN2O2. The molecule has 1 aliphatic heterocycles. The Labute approximate surface area is 147 Å². The van der Waals surface area contributed by atoms with Crippen LogP contribution in [-0.4, -0.2) is 30.5 Å². The minimum atomic E-state index is 0.0430. The van der Waals surface area contributed by atoms with Gasteiger partial charge in [-0.05, 0) is 56.1 Å². The fraction of sp³-hybridized carbons (Fsp3) is 0.368. The van der Waals surface area contributed by atoms with Crippen molar-refractivity contribution in [3.63, 3.8) is 0 Å². The lowest BCUT2D eigenvalue weighted by atomic mass is 10.0. The number of ketones is 1. The normalized spacial score (nSPS) is 13.9. The maximum Gasteiger partial charge on any atom is 0.181 e. The van der Waals surface area contributed by atoms with Crippen molar-refractivity contribution >= 4 is 17.4 Å². The second-order valence-corrected chi connectivity index (χ2v) is 6.26. The van der Waals surface area contributed by atoms with Gasteiger partial charge in [0.05, 0.1) is 11.6 Å². The number of benzene rings is 1. The van der Waals surface area contributed by atoms with Crippen molar-refractivity contribution in [2.75, 3.05) is 19.7 Å². The molecule has 0 amide bonds. The third-order valence-electron chi connectivity index (χ3n) is 4.18. The summed E-state index contributed by atoms with van der Waals surface area (Å²) >= 11 is 6.33. The summed E-state index contributed by atoms with van der Waals surface area (Å²) in [7, 11) is 0. The summed E-state index contributed by atoms with van der Waals surface area (Å²) in [5.74, 6) is 0.824. The zero-order valence-corrected chi connectivity index (χ0v) is 14.3. The molecule has 0 saturated heterocycles. The molecule has 1 N–H and O–H groups in total. The highest BCUT2D eigenvalue weighted by atomic mass is 35.5. The van der Waals surface area contributed by atoms with Crippen molar-refractivity contribution in [2.24, 2.45) is 0 Å². The van der Waals surface area contributed by atoms with Gasteiger partial charge in [0.25, 0.3) is 0 Å². The Balaban J connectivity index is 1.58. The van der Waals surface area contributed by atoms with Crippen molar-refractivity contribution in [3.05, 3.63) is 58.4 Å². The van der Waals surface area contributed by atoms with E-state index in [1.165, 1.54) is 11.1 Å². The van der Waals surface area contributed by atoms with Gasteiger partial charge in [0, 0.05) is 18.2 Å². The van der Waals surface area contributed by atoms with Crippen molar-refractivity contribution in [2.45, 2.75) is 25.7 Å². The van der Waals surface area contributed by atoms with E-state index in [0.29, 0.717) is 30.2 Å². The fourth-order valence-electron chi connectivity index (χ4n) is 2.93. The first-order valence-corrected chi connectivity index (χ1v) is 8.71. The highest BCUT2D eigenvalue weighted by molar-refractivity contribution is 6.32. The molecule has 0 atom stereocenters. The van der Waals surface area contributed by atoms with E-state index in [2.05, 4.69) is 16.4 Å². The van der Waals surface area contributed by atoms with Crippen molar-refractivity contribution in [1.29, 1.82) is 0 Å². The molecule has 2 heterocycles. The van der Waals surface area contributed by atoms with E-state index in [-0.39, 0.29) is 5.78 Å². The number of ether oxygens (including phenoxy) is 1. The van der Waals surface area contributed by atoms with Gasteiger partial charge in [0.15, 0.2) is 5.78 Å². The van der Waals surface area contributed by atoms with Crippen LogP contribution >= 0.6 is 11.6 Å². The number of Topliss-reactive ketones (excluding diaryl/α,β-unsaturated/α-hetero) is 1. The minimum Gasteiger partial charge on any atom is -0.492 e. The standard InChI is InChI=1S/C19H21ClN2O2/c20-16-7-6-14-8-11-21-12-9-15(14)19(16)24-13-3-5-18(23)17-4-1-2-10-22-17/h1-2,4,6-7,10,21H,3,5,8-9,11-13H2. The maximum atomic E-state index is 12.0. The van der Waals surface area contributed by atoms with Gasteiger partial charge in [-0.25, -0.2) is 0 Å². The van der Waals surface area contributed by atoms with Crippen LogP contribution in [0.5, 0.6) is 5.75 Å². The van der Waals surface area contributed by atoms with E-state index < -0.39 is 0 Å². The summed E-state index contributed by atoms with van der Waals surface area (Å²) in [6, 6.07) is 9.36. The predicted octanol–water partition coefficient (Wildman–Crippen LogP) is 3.47. The molecule has 1 aromatic heterocycles. The molecule has 0 bridgehead atoms. The number of rotatable bonds is 6. The van der Waals surface area contributed by atoms with Gasteiger partial charge in [0.2, 0.25) is 0 Å². The lowest BCUT2D eigenvalue weighted by Crippen LogP contribution is -2.16. The van der Waals surface area contributed by atoms with E-state index in [1.54, 1.807) is 18.3 Å². The third-order valence-corrected chi connectivity index (χ3v) is 4.48. The van der Waals surface area contributed by atoms with E-state index in [0.717, 1.165) is 31.7 Å². The summed E-state index contributed by atoms with van der Waals surface area (Å²) in [6.07, 6.45) is 4.61. The predicted molar refractivity (Wildman–Crippen MR) is 95.0 cm³/mol. The van der Waals surface area contributed by atoms with Crippen LogP contribution in [0.25, 0.3) is 0 Å². The van der Waals surface area contributed by atoms with Gasteiger partial charge < -0.3 is 10.1 Å². The van der Waals surface area contributed by atoms with Gasteiger partial charge in [-0.3, -0.25) is 9.78 Å². The van der Waals surface area contributed by atoms with Crippen LogP contribution in [0.2, 0.25) is 5.02 Å². The molecule has 0 aliphatic carbocycles. The van der Waals surface area contributed by atoms with E-state index in [1.807, 2.05) is 12.1 Å². The second kappa shape index (κ2) is 8.27. The number of fused-ring (bicyclic) bond motifs is 1. The molecule has 0 radical (unpaired) electrons. The minimum absolute atomic E-state index is 0.0430. The molecule has 24 heavy (non-hydrogen) atoms. The Morgan fingerprint density at radius 1 is 1.21 bits per heavy atom. The van der Waals surface area contributed by atoms with Crippen molar-refractivity contribution in [1.82, 2.24) is 10.3 Å². The van der Waals surface area contributed by atoms with Crippen LogP contribution in [0, 0.1) is 0 Å². The average molecular weight is 345 g/mol. The van der Waals surface area contributed by atoms with Gasteiger partial charge in [-0.1, -0.05) is 23.7 Å². The molecule has 0 unspecified atom stereocenters. The number of hydrogen-bond acceptors (Lipinski definition) is 4. The Kier molecular flexibility index (Phi) is 5.83. The number of carbonyl (C=O) groups is 1. The number of nitrogens with zero attached hydrogens (tertiary/aromatic N) is 1. The Bertz CT molecular complexity index is 704. The Morgan fingerprint density at radius 3 is 2.92 bits per heavy atom. The number of pyridine rings is 1. The SMILES string of the molecule is O=C(CCCOc1c(Cl)ccc2c1CCNCC2)c1ccccn1. The first-order chi connectivity index (χ1) is 11.8. The summed E-state index contributed by atoms with van der Waals surface area (Å²) < 4.78 is 5.94. The van der Waals surface area contributed by atoms with Crippen LogP contribution in [0.1, 0.15) is 34.5 Å². The molecule has 0 spiro atoms. The summed E-state index contributed by atoms with van der Waals surface area (Å²) in [6.45, 7) is 2.39. The monoisotopic (exact) mass is 344 g/mol. The zero-order chi connectivity index (χ0) is 16.8. The number of aromatic nitrogens is 1. The molecule has 1 aromatic carbocycles. The lowest BCUT2D eigenvalue weighted by Gasteiger charge is -2.15. The molecule has 2 aromatic rings. The van der Waals surface area contributed by atoms with E-state index >= 15 is 0 Å². The average Bonchev–Trinajstić information content (AvgIpc) is 2.86. The maximum absolute atomic E-state index is 12.0. The van der Waals surface area contributed by atoms with Crippen LogP contribution < -0.4 is 10.1 Å². The molecule has 5 heteroatoms. The van der Waals surface area contributed by atoms with Gasteiger partial charge in [0.1, 0.15) is 11.4 Å². The molecule has 126 valence electrons. The molecule has 0 fully saturated rings. The summed E-state index contributed by atoms with van der Waals surface area (Å²) in [5.41, 5.74) is 3.00. The van der Waals surface area contributed by atoms with Gasteiger partial charge in [-0.2, -0.15) is 0 Å². The highest BCUT2D eigenvalue weighted by Gasteiger charge is 2.16. The zero-order valence-electron chi connectivity index (χ0n) is 13.6. The molecule has 0 saturated carbocycles. The van der Waals surface area contributed by atoms with Gasteiger partial charge in [-0.15, -0.1) is 0 Å². The van der Waals surface area contributed by atoms with E-state index in [9.17, 15) is 4.79 Å². The lowest BCUT2D eigenvalue weighted by molar-refractivity contribution is 0.0968. The first-order valence-electron chi connectivity index (χ1n) is 8.33. The first kappa shape index (κ1) is 16.9. The van der Waals surface area contributed by atoms with Crippen LogP contribution in [0.3, 0.4) is 0 Å². The number of carbonyl (C=O) groups excluding carboxylic acids is 1. The molecular weight excluding hydrogens is 324 g/mol. The third kappa shape index (κ3) is 4.13. The topological polar surface area (TPSA) is 51.2 Å². The largest absolute Gasteiger partial charge is 0.492 e. The number of hydrogen-bond donors (Lipinski definition) is 1. The Hall–Kier alpha value is -1.91. The number of nitrogens with one attached hydrogen (secondary N) is 1. The molecule has 4 nitrogen and oxygen atoms in total. The summed E-state index contributed by atoms with van der Waals surface area (Å²) in [4.78, 5) is 16.1. The van der Waals surface area contributed by atoms with Crippen LogP contribution in [0.15, 0.2) is 36.5 Å². The highest BCUT2D eigenvalue weighted by Crippen LogP contribution is 2.33. The quantitative estimate of drug-likeness (QED) is 0.644. The summed E-state index contributed by atoms with van der Waals surface area (Å²) in [5, 5.41) is 4.04. The van der Waals surface area contributed by atoms with Crippen molar-refractivity contribution in [3.8, 4) is 5.75 Å². The van der Waals surface area contributed by atoms with Crippen LogP contribution in [-0.2, 0) is 12.8 Å². The van der Waals surface area contributed by atoms with Gasteiger partial charge >= 0.3 is 0 Å². The molecule has 3 rings (SSSR count). The van der Waals surface area contributed by atoms with Crippen LogP contribution in [0.4, 0.5) is 0 Å². The Morgan fingerprint density at radius 2 is 2.08 bits per heavy atom. The molecule has 1 aliphatic rings. The fourth-order valence-corrected chi connectivity index (χ4v) is 3.16. The van der Waals surface area contributed by atoms with E-state index in [4.69, 9.17) is 16.3 Å². The van der Waals surface area contributed by atoms with Crippen molar-refractivity contribution < 1.29 is 9.53 Å².